The lowest BCUT2D eigenvalue weighted by Crippen LogP contribution is -2.45. The summed E-state index contributed by atoms with van der Waals surface area (Å²) in [5.74, 6) is 0.794. The molecule has 1 aliphatic carbocycles. The van der Waals surface area contributed by atoms with Gasteiger partial charge in [0.15, 0.2) is 0 Å². The van der Waals surface area contributed by atoms with E-state index in [4.69, 9.17) is 4.74 Å². The van der Waals surface area contributed by atoms with Crippen molar-refractivity contribution in [1.82, 2.24) is 5.32 Å². The number of amides is 2. The van der Waals surface area contributed by atoms with Crippen molar-refractivity contribution in [2.75, 3.05) is 19.0 Å². The topological polar surface area (TPSA) is 70.6 Å². The Labute approximate surface area is 125 Å². The molecule has 0 aliphatic heterocycles. The summed E-state index contributed by atoms with van der Waals surface area (Å²) in [5, 5.41) is 15.2. The molecule has 3 N–H and O–H groups in total. The molecule has 1 aliphatic rings. The lowest BCUT2D eigenvalue weighted by molar-refractivity contribution is 0.156. The fraction of sp³-hybridized carbons (Fsp3) is 0.562. The van der Waals surface area contributed by atoms with Crippen LogP contribution in [0.4, 0.5) is 10.5 Å². The summed E-state index contributed by atoms with van der Waals surface area (Å²) in [6, 6.07) is 5.44. The summed E-state index contributed by atoms with van der Waals surface area (Å²) in [5.41, 5.74) is 1.71. The van der Waals surface area contributed by atoms with E-state index in [2.05, 4.69) is 10.6 Å². The zero-order valence-corrected chi connectivity index (χ0v) is 12.7. The number of hydrogen-bond acceptors (Lipinski definition) is 3. The number of benzene rings is 1. The summed E-state index contributed by atoms with van der Waals surface area (Å²) in [6.07, 6.45) is 4.10. The smallest absolute Gasteiger partial charge is 0.319 e. The number of anilines is 1. The van der Waals surface area contributed by atoms with Gasteiger partial charge in [-0.3, -0.25) is 0 Å². The third-order valence-corrected chi connectivity index (χ3v) is 4.06. The number of urea groups is 1. The van der Waals surface area contributed by atoms with E-state index in [-0.39, 0.29) is 24.6 Å². The molecule has 2 amide bonds. The maximum Gasteiger partial charge on any atom is 0.319 e. The van der Waals surface area contributed by atoms with E-state index in [0.717, 1.165) is 31.2 Å². The first-order valence-electron chi connectivity index (χ1n) is 7.47. The highest BCUT2D eigenvalue weighted by Crippen LogP contribution is 2.26. The van der Waals surface area contributed by atoms with E-state index in [9.17, 15) is 9.90 Å². The van der Waals surface area contributed by atoms with Crippen molar-refractivity contribution < 1.29 is 14.6 Å². The van der Waals surface area contributed by atoms with Crippen LogP contribution in [0.15, 0.2) is 18.2 Å². The Kier molecular flexibility index (Phi) is 5.44. The zero-order chi connectivity index (χ0) is 15.2. The third kappa shape index (κ3) is 4.11. The molecule has 2 unspecified atom stereocenters. The van der Waals surface area contributed by atoms with Crippen molar-refractivity contribution in [2.24, 2.45) is 5.92 Å². The second-order valence-electron chi connectivity index (χ2n) is 5.64. The quantitative estimate of drug-likeness (QED) is 0.799. The molecule has 0 aromatic heterocycles. The summed E-state index contributed by atoms with van der Waals surface area (Å²) in [4.78, 5) is 12.2. The van der Waals surface area contributed by atoms with Gasteiger partial charge < -0.3 is 20.5 Å². The SMILES string of the molecule is COc1ccc(C)cc1NC(=O)NC1CCCCC1CO. The number of carbonyl (C=O) groups is 1. The molecule has 0 saturated heterocycles. The van der Waals surface area contributed by atoms with Gasteiger partial charge in [-0.1, -0.05) is 18.9 Å². The van der Waals surface area contributed by atoms with E-state index in [1.807, 2.05) is 25.1 Å². The van der Waals surface area contributed by atoms with Gasteiger partial charge >= 0.3 is 6.03 Å². The fourth-order valence-electron chi connectivity index (χ4n) is 2.86. The minimum absolute atomic E-state index is 0.0413. The summed E-state index contributed by atoms with van der Waals surface area (Å²) in [6.45, 7) is 2.09. The Morgan fingerprint density at radius 2 is 2.14 bits per heavy atom. The number of nitrogens with one attached hydrogen (secondary N) is 2. The predicted octanol–water partition coefficient (Wildman–Crippen LogP) is 2.68. The first-order chi connectivity index (χ1) is 10.1. The van der Waals surface area contributed by atoms with Crippen LogP contribution in [-0.4, -0.2) is 30.9 Å². The molecule has 0 heterocycles. The minimum atomic E-state index is -0.246. The second kappa shape index (κ2) is 7.31. The molecule has 116 valence electrons. The number of methoxy groups -OCH3 is 1. The summed E-state index contributed by atoms with van der Waals surface area (Å²) < 4.78 is 5.25. The third-order valence-electron chi connectivity index (χ3n) is 4.06. The van der Waals surface area contributed by atoms with Crippen LogP contribution in [0.5, 0.6) is 5.75 Å². The number of aryl methyl sites for hydroxylation is 1. The lowest BCUT2D eigenvalue weighted by atomic mass is 9.85. The van der Waals surface area contributed by atoms with Crippen LogP contribution in [0, 0.1) is 12.8 Å². The van der Waals surface area contributed by atoms with E-state index in [0.29, 0.717) is 11.4 Å². The van der Waals surface area contributed by atoms with Crippen molar-refractivity contribution in [3.8, 4) is 5.75 Å². The molecule has 0 bridgehead atoms. The summed E-state index contributed by atoms with van der Waals surface area (Å²) >= 11 is 0. The van der Waals surface area contributed by atoms with Crippen LogP contribution in [0.1, 0.15) is 31.2 Å². The van der Waals surface area contributed by atoms with E-state index in [1.165, 1.54) is 0 Å². The Bertz CT molecular complexity index is 490. The molecule has 5 heteroatoms. The van der Waals surface area contributed by atoms with Crippen LogP contribution < -0.4 is 15.4 Å². The normalized spacial score (nSPS) is 21.7. The van der Waals surface area contributed by atoms with Crippen LogP contribution in [0.3, 0.4) is 0 Å². The first kappa shape index (κ1) is 15.6. The second-order valence-corrected chi connectivity index (χ2v) is 5.64. The number of rotatable bonds is 4. The van der Waals surface area contributed by atoms with Gasteiger partial charge in [-0.15, -0.1) is 0 Å². The molecule has 21 heavy (non-hydrogen) atoms. The molecule has 2 atom stereocenters. The number of hydrogen-bond donors (Lipinski definition) is 3. The van der Waals surface area contributed by atoms with E-state index >= 15 is 0 Å². The minimum Gasteiger partial charge on any atom is -0.495 e. The standard InChI is InChI=1S/C16H24N2O3/c1-11-7-8-15(21-2)14(9-11)18-16(20)17-13-6-4-3-5-12(13)10-19/h7-9,12-13,19H,3-6,10H2,1-2H3,(H2,17,18,20). The lowest BCUT2D eigenvalue weighted by Gasteiger charge is -2.30. The van der Waals surface area contributed by atoms with Crippen molar-refractivity contribution in [3.05, 3.63) is 23.8 Å². The molecule has 1 aromatic rings. The number of carbonyl (C=O) groups excluding carboxylic acids is 1. The highest BCUT2D eigenvalue weighted by atomic mass is 16.5. The van der Waals surface area contributed by atoms with Crippen LogP contribution >= 0.6 is 0 Å². The maximum absolute atomic E-state index is 12.2. The van der Waals surface area contributed by atoms with Crippen molar-refractivity contribution in [2.45, 2.75) is 38.6 Å². The monoisotopic (exact) mass is 292 g/mol. The molecule has 0 radical (unpaired) electrons. The molecule has 1 fully saturated rings. The first-order valence-corrected chi connectivity index (χ1v) is 7.47. The summed E-state index contributed by atoms with van der Waals surface area (Å²) in [7, 11) is 1.58. The average Bonchev–Trinajstić information content (AvgIpc) is 2.48. The molecule has 1 saturated carbocycles. The van der Waals surface area contributed by atoms with E-state index in [1.54, 1.807) is 7.11 Å². The average molecular weight is 292 g/mol. The fourth-order valence-corrected chi connectivity index (χ4v) is 2.86. The van der Waals surface area contributed by atoms with Gasteiger partial charge in [-0.05, 0) is 37.5 Å². The van der Waals surface area contributed by atoms with Gasteiger partial charge in [0.2, 0.25) is 0 Å². The molecule has 2 rings (SSSR count). The van der Waals surface area contributed by atoms with Gasteiger partial charge in [-0.25, -0.2) is 4.79 Å². The maximum atomic E-state index is 12.2. The largest absolute Gasteiger partial charge is 0.495 e. The van der Waals surface area contributed by atoms with Gasteiger partial charge in [0.25, 0.3) is 0 Å². The highest BCUT2D eigenvalue weighted by Gasteiger charge is 2.26. The van der Waals surface area contributed by atoms with Crippen LogP contribution in [0.25, 0.3) is 0 Å². The van der Waals surface area contributed by atoms with E-state index < -0.39 is 0 Å². The van der Waals surface area contributed by atoms with Crippen molar-refractivity contribution in [1.29, 1.82) is 0 Å². The van der Waals surface area contributed by atoms with Crippen molar-refractivity contribution >= 4 is 11.7 Å². The Balaban J connectivity index is 1.99. The number of aliphatic hydroxyl groups excluding tert-OH is 1. The highest BCUT2D eigenvalue weighted by molar-refractivity contribution is 5.91. The van der Waals surface area contributed by atoms with Gasteiger partial charge in [0.1, 0.15) is 5.75 Å². The van der Waals surface area contributed by atoms with Crippen molar-refractivity contribution in [3.63, 3.8) is 0 Å². The van der Waals surface area contributed by atoms with Gasteiger partial charge in [-0.2, -0.15) is 0 Å². The predicted molar refractivity (Wildman–Crippen MR) is 82.7 cm³/mol. The molecule has 1 aromatic carbocycles. The molecule has 5 nitrogen and oxygen atoms in total. The zero-order valence-electron chi connectivity index (χ0n) is 12.7. The number of ether oxygens (including phenoxy) is 1. The Morgan fingerprint density at radius 3 is 2.86 bits per heavy atom. The Hall–Kier alpha value is -1.75. The van der Waals surface area contributed by atoms with Gasteiger partial charge in [0, 0.05) is 18.6 Å². The molecule has 0 spiro atoms. The molecular weight excluding hydrogens is 268 g/mol. The Morgan fingerprint density at radius 1 is 1.38 bits per heavy atom. The van der Waals surface area contributed by atoms with Crippen LogP contribution in [-0.2, 0) is 0 Å². The van der Waals surface area contributed by atoms with Gasteiger partial charge in [0.05, 0.1) is 12.8 Å². The van der Waals surface area contributed by atoms with Crippen LogP contribution in [0.2, 0.25) is 0 Å². The number of aliphatic hydroxyl groups is 1. The molecular formula is C16H24N2O3.